The van der Waals surface area contributed by atoms with Crippen molar-refractivity contribution in [1.29, 1.82) is 0 Å². The van der Waals surface area contributed by atoms with Crippen LogP contribution in [-0.2, 0) is 19.8 Å². The van der Waals surface area contributed by atoms with Crippen LogP contribution in [0.3, 0.4) is 0 Å². The van der Waals surface area contributed by atoms with Crippen molar-refractivity contribution in [1.82, 2.24) is 23.7 Å². The standard InChI is InChI=1S/C19H31N5O5S/c1-15-6-2-3-7-19(15)17(26)24(18(27)20-19)14-16(25)21-10-12-23(13-11-21)30(28,29)22-8-4-5-9-22/h15H,2-14H2,1H3,(H,20,27). The fraction of sp³-hybridized carbons (Fsp3) is 0.842. The van der Waals surface area contributed by atoms with Gasteiger partial charge >= 0.3 is 6.03 Å². The Morgan fingerprint density at radius 3 is 2.27 bits per heavy atom. The van der Waals surface area contributed by atoms with E-state index in [1.165, 1.54) is 8.61 Å². The Bertz CT molecular complexity index is 819. The van der Waals surface area contributed by atoms with E-state index in [4.69, 9.17) is 0 Å². The molecule has 10 nitrogen and oxygen atoms in total. The lowest BCUT2D eigenvalue weighted by Crippen LogP contribution is -2.56. The van der Waals surface area contributed by atoms with Crippen molar-refractivity contribution in [3.05, 3.63) is 0 Å². The molecule has 1 aliphatic carbocycles. The maximum atomic E-state index is 13.0. The fourth-order valence-corrected chi connectivity index (χ4v) is 6.80. The number of nitrogens with one attached hydrogen (secondary N) is 1. The lowest BCUT2D eigenvalue weighted by atomic mass is 9.73. The van der Waals surface area contributed by atoms with Crippen LogP contribution in [-0.4, -0.2) is 96.0 Å². The first-order chi connectivity index (χ1) is 14.3. The molecular formula is C19H31N5O5S. The van der Waals surface area contributed by atoms with Gasteiger partial charge in [0.05, 0.1) is 0 Å². The molecule has 0 aromatic heterocycles. The van der Waals surface area contributed by atoms with E-state index >= 15 is 0 Å². The molecule has 1 N–H and O–H groups in total. The molecule has 3 aliphatic heterocycles. The Morgan fingerprint density at radius 2 is 1.63 bits per heavy atom. The summed E-state index contributed by atoms with van der Waals surface area (Å²) in [7, 11) is -3.48. The summed E-state index contributed by atoms with van der Waals surface area (Å²) >= 11 is 0. The minimum Gasteiger partial charge on any atom is -0.338 e. The number of hydrogen-bond donors (Lipinski definition) is 1. The van der Waals surface area contributed by atoms with Gasteiger partial charge in [-0.05, 0) is 31.6 Å². The van der Waals surface area contributed by atoms with E-state index in [0.717, 1.165) is 37.0 Å². The number of rotatable bonds is 4. The van der Waals surface area contributed by atoms with E-state index in [0.29, 0.717) is 19.5 Å². The molecular weight excluding hydrogens is 410 g/mol. The fourth-order valence-electron chi connectivity index (χ4n) is 5.12. The first-order valence-electron chi connectivity index (χ1n) is 10.9. The Kier molecular flexibility index (Phi) is 5.80. The molecule has 4 fully saturated rings. The Morgan fingerprint density at radius 1 is 1.00 bits per heavy atom. The lowest BCUT2D eigenvalue weighted by Gasteiger charge is -2.37. The van der Waals surface area contributed by atoms with Crippen molar-refractivity contribution in [3.8, 4) is 0 Å². The van der Waals surface area contributed by atoms with Gasteiger partial charge in [0, 0.05) is 39.3 Å². The highest BCUT2D eigenvalue weighted by Crippen LogP contribution is 2.38. The largest absolute Gasteiger partial charge is 0.338 e. The molecule has 11 heteroatoms. The summed E-state index contributed by atoms with van der Waals surface area (Å²) in [6.45, 7) is 3.76. The number of piperazine rings is 1. The minimum absolute atomic E-state index is 0.0436. The molecule has 3 saturated heterocycles. The number of urea groups is 1. The van der Waals surface area contributed by atoms with Crippen molar-refractivity contribution < 1.29 is 22.8 Å². The summed E-state index contributed by atoms with van der Waals surface area (Å²) in [5.74, 6) is -0.581. The van der Waals surface area contributed by atoms with Crippen molar-refractivity contribution >= 4 is 28.1 Å². The van der Waals surface area contributed by atoms with E-state index in [2.05, 4.69) is 5.32 Å². The average molecular weight is 442 g/mol. The van der Waals surface area contributed by atoms with E-state index in [1.54, 1.807) is 4.90 Å². The van der Waals surface area contributed by atoms with Gasteiger partial charge in [0.1, 0.15) is 12.1 Å². The summed E-state index contributed by atoms with van der Waals surface area (Å²) in [4.78, 5) is 40.9. The van der Waals surface area contributed by atoms with Crippen LogP contribution in [0, 0.1) is 5.92 Å². The predicted molar refractivity (Wildman–Crippen MR) is 108 cm³/mol. The summed E-state index contributed by atoms with van der Waals surface area (Å²) in [6, 6.07) is -0.502. The third-order valence-electron chi connectivity index (χ3n) is 7.10. The van der Waals surface area contributed by atoms with Gasteiger partial charge in [-0.3, -0.25) is 14.5 Å². The molecule has 3 heterocycles. The molecule has 0 aromatic rings. The van der Waals surface area contributed by atoms with Crippen LogP contribution in [0.15, 0.2) is 0 Å². The second-order valence-corrected chi connectivity index (χ2v) is 10.8. The zero-order valence-electron chi connectivity index (χ0n) is 17.5. The maximum Gasteiger partial charge on any atom is 0.325 e. The van der Waals surface area contributed by atoms with Crippen molar-refractivity contribution in [2.45, 2.75) is 51.0 Å². The molecule has 0 radical (unpaired) electrons. The molecule has 30 heavy (non-hydrogen) atoms. The summed E-state index contributed by atoms with van der Waals surface area (Å²) in [5.41, 5.74) is -0.877. The van der Waals surface area contributed by atoms with Crippen LogP contribution in [0.4, 0.5) is 4.79 Å². The van der Waals surface area contributed by atoms with E-state index < -0.39 is 21.8 Å². The number of imide groups is 1. The van der Waals surface area contributed by atoms with E-state index in [1.807, 2.05) is 6.92 Å². The van der Waals surface area contributed by atoms with Gasteiger partial charge < -0.3 is 10.2 Å². The molecule has 168 valence electrons. The first kappa shape index (κ1) is 21.5. The molecule has 4 amide bonds. The van der Waals surface area contributed by atoms with Crippen LogP contribution in [0.1, 0.15) is 45.4 Å². The first-order valence-corrected chi connectivity index (χ1v) is 12.3. The topological polar surface area (TPSA) is 110 Å². The SMILES string of the molecule is CC1CCCCC12NC(=O)N(CC(=O)N1CCN(S(=O)(=O)N3CCCC3)CC1)C2=O. The van der Waals surface area contributed by atoms with Crippen LogP contribution >= 0.6 is 0 Å². The summed E-state index contributed by atoms with van der Waals surface area (Å²) in [5, 5.41) is 2.86. The maximum absolute atomic E-state index is 13.0. The van der Waals surface area contributed by atoms with Crippen LogP contribution in [0.5, 0.6) is 0 Å². The number of carbonyl (C=O) groups is 3. The quantitative estimate of drug-likeness (QED) is 0.616. The van der Waals surface area contributed by atoms with Crippen molar-refractivity contribution in [2.75, 3.05) is 45.8 Å². The summed E-state index contributed by atoms with van der Waals surface area (Å²) < 4.78 is 28.3. The normalized spacial score (nSPS) is 31.6. The number of carbonyl (C=O) groups excluding carboxylic acids is 3. The zero-order valence-corrected chi connectivity index (χ0v) is 18.3. The van der Waals surface area contributed by atoms with Gasteiger partial charge in [0.2, 0.25) is 5.91 Å². The van der Waals surface area contributed by atoms with Gasteiger partial charge in [-0.15, -0.1) is 0 Å². The van der Waals surface area contributed by atoms with E-state index in [-0.39, 0.29) is 50.5 Å². The molecule has 2 atom stereocenters. The Balaban J connectivity index is 1.35. The minimum atomic E-state index is -3.48. The van der Waals surface area contributed by atoms with Gasteiger partial charge in [0.25, 0.3) is 16.1 Å². The highest BCUT2D eigenvalue weighted by molar-refractivity contribution is 7.86. The highest BCUT2D eigenvalue weighted by Gasteiger charge is 2.55. The van der Waals surface area contributed by atoms with Crippen LogP contribution in [0.2, 0.25) is 0 Å². The average Bonchev–Trinajstić information content (AvgIpc) is 3.35. The molecule has 2 unspecified atom stereocenters. The second-order valence-electron chi connectivity index (χ2n) is 8.83. The lowest BCUT2D eigenvalue weighted by molar-refractivity contribution is -0.141. The molecule has 1 spiro atoms. The second kappa shape index (κ2) is 8.08. The molecule has 0 aromatic carbocycles. The monoisotopic (exact) mass is 441 g/mol. The molecule has 4 rings (SSSR count). The zero-order chi connectivity index (χ0) is 21.5. The summed E-state index contributed by atoms with van der Waals surface area (Å²) in [6.07, 6.45) is 5.16. The third-order valence-corrected chi connectivity index (χ3v) is 9.14. The number of hydrogen-bond acceptors (Lipinski definition) is 5. The number of amides is 4. The third kappa shape index (κ3) is 3.60. The molecule has 4 aliphatic rings. The van der Waals surface area contributed by atoms with Gasteiger partial charge in [-0.25, -0.2) is 4.79 Å². The Labute approximate surface area is 177 Å². The van der Waals surface area contributed by atoms with Gasteiger partial charge in [-0.1, -0.05) is 19.8 Å². The molecule has 0 bridgehead atoms. The van der Waals surface area contributed by atoms with E-state index in [9.17, 15) is 22.8 Å². The molecule has 1 saturated carbocycles. The van der Waals surface area contributed by atoms with Crippen molar-refractivity contribution in [2.24, 2.45) is 5.92 Å². The number of nitrogens with zero attached hydrogens (tertiary/aromatic N) is 4. The van der Waals surface area contributed by atoms with Gasteiger partial charge in [0.15, 0.2) is 0 Å². The smallest absolute Gasteiger partial charge is 0.325 e. The highest BCUT2D eigenvalue weighted by atomic mass is 32.2. The Hall–Kier alpha value is -1.72. The van der Waals surface area contributed by atoms with Crippen molar-refractivity contribution in [3.63, 3.8) is 0 Å². The van der Waals surface area contributed by atoms with Crippen LogP contribution < -0.4 is 5.32 Å². The van der Waals surface area contributed by atoms with Gasteiger partial charge in [-0.2, -0.15) is 17.0 Å². The predicted octanol–water partition coefficient (Wildman–Crippen LogP) is -0.0281. The van der Waals surface area contributed by atoms with Crippen LogP contribution in [0.25, 0.3) is 0 Å².